The van der Waals surface area contributed by atoms with Gasteiger partial charge < -0.3 is 15.2 Å². The minimum absolute atomic E-state index is 0.0239. The Kier molecular flexibility index (Phi) is 6.34. The standard InChI is InChI=1S/C22H22F2N2O4/c1-3-10-25-20(28)12-17-13(2)26(19-9-6-15(27)11-18(17)19)21(29)14-4-7-16(8-5-14)30-22(23)24/h4-9,11,22,27H,3,10,12H2,1-2H3,(H,25,28). The number of aromatic hydroxyl groups is 1. The van der Waals surface area contributed by atoms with Gasteiger partial charge in [0, 0.05) is 23.2 Å². The third-order valence-corrected chi connectivity index (χ3v) is 4.76. The van der Waals surface area contributed by atoms with Gasteiger partial charge in [0.05, 0.1) is 11.9 Å². The van der Waals surface area contributed by atoms with Gasteiger partial charge in [0.15, 0.2) is 0 Å². The number of carbonyl (C=O) groups excluding carboxylic acids is 2. The smallest absolute Gasteiger partial charge is 0.387 e. The average Bonchev–Trinajstić information content (AvgIpc) is 2.97. The lowest BCUT2D eigenvalue weighted by Gasteiger charge is -2.09. The quantitative estimate of drug-likeness (QED) is 0.610. The maximum Gasteiger partial charge on any atom is 0.387 e. The summed E-state index contributed by atoms with van der Waals surface area (Å²) in [6, 6.07) is 9.99. The Balaban J connectivity index is 2.02. The molecule has 6 nitrogen and oxygen atoms in total. The average molecular weight is 416 g/mol. The van der Waals surface area contributed by atoms with Crippen LogP contribution in [-0.4, -0.2) is 34.6 Å². The first kappa shape index (κ1) is 21.3. The number of carbonyl (C=O) groups is 2. The Hall–Kier alpha value is -3.42. The number of alkyl halides is 2. The van der Waals surface area contributed by atoms with E-state index < -0.39 is 6.61 Å². The topological polar surface area (TPSA) is 80.6 Å². The van der Waals surface area contributed by atoms with Crippen molar-refractivity contribution in [1.29, 1.82) is 0 Å². The maximum atomic E-state index is 13.2. The Bertz CT molecular complexity index is 1070. The van der Waals surface area contributed by atoms with E-state index in [-0.39, 0.29) is 35.3 Å². The zero-order valence-corrected chi connectivity index (χ0v) is 16.6. The number of ether oxygens (including phenoxy) is 1. The molecule has 0 spiro atoms. The minimum Gasteiger partial charge on any atom is -0.508 e. The molecular formula is C22H22F2N2O4. The second-order valence-corrected chi connectivity index (χ2v) is 6.84. The number of phenolic OH excluding ortho intramolecular Hbond substituents is 1. The normalized spacial score (nSPS) is 11.1. The van der Waals surface area contributed by atoms with Crippen molar-refractivity contribution in [1.82, 2.24) is 9.88 Å². The first-order chi connectivity index (χ1) is 14.3. The van der Waals surface area contributed by atoms with E-state index in [1.807, 2.05) is 6.92 Å². The summed E-state index contributed by atoms with van der Waals surface area (Å²) in [5.74, 6) is -0.583. The molecule has 8 heteroatoms. The number of nitrogens with one attached hydrogen (secondary N) is 1. The summed E-state index contributed by atoms with van der Waals surface area (Å²) in [6.45, 7) is 1.28. The fourth-order valence-corrected chi connectivity index (χ4v) is 3.35. The van der Waals surface area contributed by atoms with Gasteiger partial charge >= 0.3 is 6.61 Å². The number of hydrogen-bond donors (Lipinski definition) is 2. The first-order valence-corrected chi connectivity index (χ1v) is 9.51. The Morgan fingerprint density at radius 3 is 2.50 bits per heavy atom. The number of fused-ring (bicyclic) bond motifs is 1. The summed E-state index contributed by atoms with van der Waals surface area (Å²) in [6.07, 6.45) is 0.865. The van der Waals surface area contributed by atoms with E-state index in [1.54, 1.807) is 13.0 Å². The van der Waals surface area contributed by atoms with Crippen molar-refractivity contribution in [2.75, 3.05) is 6.54 Å². The highest BCUT2D eigenvalue weighted by molar-refractivity contribution is 6.05. The SMILES string of the molecule is CCCNC(=O)Cc1c(C)n(C(=O)c2ccc(OC(F)F)cc2)c2ccc(O)cc12. The van der Waals surface area contributed by atoms with Gasteiger partial charge in [-0.1, -0.05) is 6.92 Å². The van der Waals surface area contributed by atoms with E-state index in [0.29, 0.717) is 28.7 Å². The number of nitrogens with zero attached hydrogens (tertiary/aromatic N) is 1. The van der Waals surface area contributed by atoms with Crippen LogP contribution in [0.1, 0.15) is 35.0 Å². The van der Waals surface area contributed by atoms with E-state index in [0.717, 1.165) is 6.42 Å². The van der Waals surface area contributed by atoms with Crippen LogP contribution in [0, 0.1) is 6.92 Å². The summed E-state index contributed by atoms with van der Waals surface area (Å²) < 4.78 is 30.5. The number of phenols is 1. The van der Waals surface area contributed by atoms with Gasteiger partial charge in [-0.15, -0.1) is 0 Å². The van der Waals surface area contributed by atoms with E-state index >= 15 is 0 Å². The molecule has 0 saturated carbocycles. The molecule has 0 saturated heterocycles. The fourth-order valence-electron chi connectivity index (χ4n) is 3.35. The molecule has 158 valence electrons. The molecular weight excluding hydrogens is 394 g/mol. The predicted molar refractivity (Wildman–Crippen MR) is 108 cm³/mol. The Morgan fingerprint density at radius 2 is 1.87 bits per heavy atom. The van der Waals surface area contributed by atoms with Crippen LogP contribution in [0.4, 0.5) is 8.78 Å². The van der Waals surface area contributed by atoms with E-state index in [2.05, 4.69) is 10.1 Å². The van der Waals surface area contributed by atoms with Crippen molar-refractivity contribution in [2.24, 2.45) is 0 Å². The number of aromatic nitrogens is 1. The molecule has 2 aromatic carbocycles. The minimum atomic E-state index is -2.95. The Labute approximate surface area is 172 Å². The van der Waals surface area contributed by atoms with Crippen molar-refractivity contribution < 1.29 is 28.2 Å². The highest BCUT2D eigenvalue weighted by Gasteiger charge is 2.22. The summed E-state index contributed by atoms with van der Waals surface area (Å²) in [4.78, 5) is 25.5. The van der Waals surface area contributed by atoms with Gasteiger partial charge in [-0.3, -0.25) is 14.2 Å². The summed E-state index contributed by atoms with van der Waals surface area (Å²) in [5, 5.41) is 13.3. The van der Waals surface area contributed by atoms with Crippen LogP contribution >= 0.6 is 0 Å². The van der Waals surface area contributed by atoms with Crippen LogP contribution in [0.3, 0.4) is 0 Å². The first-order valence-electron chi connectivity index (χ1n) is 9.51. The molecule has 0 atom stereocenters. The third-order valence-electron chi connectivity index (χ3n) is 4.76. The molecule has 3 rings (SSSR count). The molecule has 0 fully saturated rings. The largest absolute Gasteiger partial charge is 0.508 e. The summed E-state index contributed by atoms with van der Waals surface area (Å²) in [7, 11) is 0. The lowest BCUT2D eigenvalue weighted by atomic mass is 10.1. The lowest BCUT2D eigenvalue weighted by molar-refractivity contribution is -0.120. The van der Waals surface area contributed by atoms with E-state index in [4.69, 9.17) is 0 Å². The van der Waals surface area contributed by atoms with E-state index in [9.17, 15) is 23.5 Å². The number of hydrogen-bond acceptors (Lipinski definition) is 4. The van der Waals surface area contributed by atoms with E-state index in [1.165, 1.54) is 41.0 Å². The molecule has 0 bridgehead atoms. The van der Waals surface area contributed by atoms with Crippen molar-refractivity contribution in [2.45, 2.75) is 33.3 Å². The lowest BCUT2D eigenvalue weighted by Crippen LogP contribution is -2.26. The van der Waals surface area contributed by atoms with Crippen molar-refractivity contribution in [3.63, 3.8) is 0 Å². The molecule has 0 aliphatic heterocycles. The van der Waals surface area contributed by atoms with Crippen molar-refractivity contribution in [3.8, 4) is 11.5 Å². The van der Waals surface area contributed by atoms with Crippen LogP contribution in [0.2, 0.25) is 0 Å². The van der Waals surface area contributed by atoms with Crippen LogP contribution in [0.25, 0.3) is 10.9 Å². The number of benzene rings is 2. The highest BCUT2D eigenvalue weighted by atomic mass is 19.3. The van der Waals surface area contributed by atoms with Crippen LogP contribution in [0.5, 0.6) is 11.5 Å². The van der Waals surface area contributed by atoms with Crippen molar-refractivity contribution >= 4 is 22.7 Å². The van der Waals surface area contributed by atoms with Gasteiger partial charge in [0.2, 0.25) is 5.91 Å². The second kappa shape index (κ2) is 8.94. The number of halogens is 2. The molecule has 3 aromatic rings. The van der Waals surface area contributed by atoms with Crippen LogP contribution in [0.15, 0.2) is 42.5 Å². The molecule has 0 radical (unpaired) electrons. The highest BCUT2D eigenvalue weighted by Crippen LogP contribution is 2.30. The zero-order valence-electron chi connectivity index (χ0n) is 16.6. The van der Waals surface area contributed by atoms with Gasteiger partial charge in [0.25, 0.3) is 5.91 Å². The second-order valence-electron chi connectivity index (χ2n) is 6.84. The van der Waals surface area contributed by atoms with Gasteiger partial charge in [-0.05, 0) is 61.4 Å². The fraction of sp³-hybridized carbons (Fsp3) is 0.273. The molecule has 1 amide bonds. The monoisotopic (exact) mass is 416 g/mol. The zero-order chi connectivity index (χ0) is 21.8. The summed E-state index contributed by atoms with van der Waals surface area (Å²) >= 11 is 0. The predicted octanol–water partition coefficient (Wildman–Crippen LogP) is 4.01. The molecule has 0 aliphatic rings. The molecule has 1 aromatic heterocycles. The molecule has 1 heterocycles. The molecule has 30 heavy (non-hydrogen) atoms. The van der Waals surface area contributed by atoms with Crippen LogP contribution in [-0.2, 0) is 11.2 Å². The van der Waals surface area contributed by atoms with Gasteiger partial charge in [-0.25, -0.2) is 0 Å². The van der Waals surface area contributed by atoms with Gasteiger partial charge in [-0.2, -0.15) is 8.78 Å². The summed E-state index contributed by atoms with van der Waals surface area (Å²) in [5.41, 5.74) is 2.02. The molecule has 2 N–H and O–H groups in total. The maximum absolute atomic E-state index is 13.2. The number of amides is 1. The number of rotatable bonds is 7. The molecule has 0 aliphatic carbocycles. The van der Waals surface area contributed by atoms with Crippen molar-refractivity contribution in [3.05, 3.63) is 59.3 Å². The van der Waals surface area contributed by atoms with Crippen LogP contribution < -0.4 is 10.1 Å². The Morgan fingerprint density at radius 1 is 1.17 bits per heavy atom. The van der Waals surface area contributed by atoms with Gasteiger partial charge in [0.1, 0.15) is 11.5 Å². The molecule has 0 unspecified atom stereocenters. The third kappa shape index (κ3) is 4.42.